The molecule has 0 atom stereocenters. The summed E-state index contributed by atoms with van der Waals surface area (Å²) in [6, 6.07) is 9.64. The fourth-order valence-corrected chi connectivity index (χ4v) is 4.71. The van der Waals surface area contributed by atoms with Gasteiger partial charge in [-0.2, -0.15) is 0 Å². The molecular formula is C25H25N7O3S. The second-order valence-electron chi connectivity index (χ2n) is 8.04. The molecule has 1 saturated heterocycles. The number of anilines is 2. The molecule has 2 aromatic carbocycles. The number of nitrogens with zero attached hydrogens (tertiary/aromatic N) is 5. The summed E-state index contributed by atoms with van der Waals surface area (Å²) < 4.78 is 12.5. The standard InChI is InChI=1S/C25H25N7O3S/c1-27-12-17(11-26)16-8-20-24(21(9-16)35-13-23(33)32-4-6-34-7-5-32)25(29-14-28-20)31-18-2-3-19-22(10-18)36-15-30-19/h2-3,8-12,14-15H,4-7,13,26H2,1H3,(H,28,29,31)/b17-11+,27-12?. The lowest BCUT2D eigenvalue weighted by atomic mass is 10.0. The van der Waals surface area contributed by atoms with Crippen molar-refractivity contribution < 1.29 is 14.3 Å². The monoisotopic (exact) mass is 503 g/mol. The molecule has 3 N–H and O–H groups in total. The lowest BCUT2D eigenvalue weighted by molar-refractivity contribution is -0.137. The van der Waals surface area contributed by atoms with Gasteiger partial charge in [0.1, 0.15) is 17.9 Å². The number of allylic oxidation sites excluding steroid dienone is 1. The Bertz CT molecular complexity index is 1460. The number of hydrogen-bond donors (Lipinski definition) is 2. The Morgan fingerprint density at radius 2 is 2.08 bits per heavy atom. The van der Waals surface area contributed by atoms with Crippen LogP contribution in [0, 0.1) is 0 Å². The summed E-state index contributed by atoms with van der Waals surface area (Å²) in [5.41, 5.74) is 11.6. The van der Waals surface area contributed by atoms with Gasteiger partial charge in [-0.3, -0.25) is 9.79 Å². The molecule has 1 aliphatic rings. The van der Waals surface area contributed by atoms with Crippen molar-refractivity contribution in [2.75, 3.05) is 45.3 Å². The molecule has 0 saturated carbocycles. The predicted molar refractivity (Wildman–Crippen MR) is 142 cm³/mol. The largest absolute Gasteiger partial charge is 0.483 e. The first kappa shape index (κ1) is 23.6. The Labute approximate surface area is 211 Å². The predicted octanol–water partition coefficient (Wildman–Crippen LogP) is 3.22. The first-order chi connectivity index (χ1) is 17.7. The second-order valence-corrected chi connectivity index (χ2v) is 8.93. The molecule has 11 heteroatoms. The zero-order chi connectivity index (χ0) is 24.9. The third kappa shape index (κ3) is 4.97. The molecule has 184 valence electrons. The summed E-state index contributed by atoms with van der Waals surface area (Å²) in [7, 11) is 1.67. The first-order valence-corrected chi connectivity index (χ1v) is 12.3. The van der Waals surface area contributed by atoms with E-state index < -0.39 is 0 Å². The summed E-state index contributed by atoms with van der Waals surface area (Å²) in [6.45, 7) is 2.02. The molecule has 0 bridgehead atoms. The fraction of sp³-hybridized carbons (Fsp3) is 0.240. The van der Waals surface area contributed by atoms with Gasteiger partial charge < -0.3 is 25.4 Å². The number of hydrogen-bond acceptors (Lipinski definition) is 10. The average Bonchev–Trinajstić information content (AvgIpc) is 3.38. The van der Waals surface area contributed by atoms with Gasteiger partial charge >= 0.3 is 0 Å². The van der Waals surface area contributed by atoms with Gasteiger partial charge in [0.05, 0.1) is 39.8 Å². The van der Waals surface area contributed by atoms with Crippen LogP contribution in [0.1, 0.15) is 5.56 Å². The van der Waals surface area contributed by atoms with E-state index in [1.807, 2.05) is 35.8 Å². The number of thiazole rings is 1. The van der Waals surface area contributed by atoms with Crippen LogP contribution in [-0.4, -0.2) is 71.9 Å². The summed E-state index contributed by atoms with van der Waals surface area (Å²) >= 11 is 1.57. The normalized spacial score (nSPS) is 14.6. The molecule has 3 heterocycles. The Morgan fingerprint density at radius 3 is 2.89 bits per heavy atom. The van der Waals surface area contributed by atoms with Crippen LogP contribution in [0.25, 0.3) is 26.7 Å². The summed E-state index contributed by atoms with van der Waals surface area (Å²) in [5.74, 6) is 0.921. The van der Waals surface area contributed by atoms with Crippen molar-refractivity contribution in [3.05, 3.63) is 53.9 Å². The van der Waals surface area contributed by atoms with Gasteiger partial charge in [0.25, 0.3) is 5.91 Å². The van der Waals surface area contributed by atoms with Gasteiger partial charge in [-0.1, -0.05) is 0 Å². The molecule has 1 aliphatic heterocycles. The molecule has 10 nitrogen and oxygen atoms in total. The van der Waals surface area contributed by atoms with Crippen molar-refractivity contribution in [2.24, 2.45) is 10.7 Å². The van der Waals surface area contributed by atoms with Gasteiger partial charge in [0.2, 0.25) is 0 Å². The third-order valence-corrected chi connectivity index (χ3v) is 6.58. The molecule has 0 radical (unpaired) electrons. The van der Waals surface area contributed by atoms with Gasteiger partial charge in [-0.05, 0) is 35.9 Å². The zero-order valence-electron chi connectivity index (χ0n) is 19.7. The molecule has 4 aromatic rings. The lowest BCUT2D eigenvalue weighted by Gasteiger charge is -2.26. The van der Waals surface area contributed by atoms with Crippen LogP contribution in [0.4, 0.5) is 11.5 Å². The number of aromatic nitrogens is 3. The number of nitrogens with one attached hydrogen (secondary N) is 1. The van der Waals surface area contributed by atoms with Crippen LogP contribution in [0.2, 0.25) is 0 Å². The van der Waals surface area contributed by atoms with E-state index in [1.54, 1.807) is 29.5 Å². The van der Waals surface area contributed by atoms with Gasteiger partial charge in [0, 0.05) is 43.8 Å². The Hall–Kier alpha value is -4.09. The number of benzene rings is 2. The zero-order valence-corrected chi connectivity index (χ0v) is 20.5. The number of morpholine rings is 1. The van der Waals surface area contributed by atoms with E-state index in [-0.39, 0.29) is 12.5 Å². The second kappa shape index (κ2) is 10.7. The number of fused-ring (bicyclic) bond motifs is 2. The van der Waals surface area contributed by atoms with Crippen molar-refractivity contribution >= 4 is 61.7 Å². The van der Waals surface area contributed by atoms with Crippen molar-refractivity contribution in [1.82, 2.24) is 19.9 Å². The maximum absolute atomic E-state index is 12.8. The molecule has 0 spiro atoms. The van der Waals surface area contributed by atoms with Gasteiger partial charge in [0.15, 0.2) is 6.61 Å². The van der Waals surface area contributed by atoms with Crippen LogP contribution in [-0.2, 0) is 9.53 Å². The summed E-state index contributed by atoms with van der Waals surface area (Å²) in [5, 5.41) is 4.04. The van der Waals surface area contributed by atoms with Crippen molar-refractivity contribution in [1.29, 1.82) is 0 Å². The average molecular weight is 504 g/mol. The van der Waals surface area contributed by atoms with E-state index in [9.17, 15) is 4.79 Å². The van der Waals surface area contributed by atoms with Crippen LogP contribution < -0.4 is 15.8 Å². The van der Waals surface area contributed by atoms with E-state index in [4.69, 9.17) is 15.2 Å². The highest BCUT2D eigenvalue weighted by atomic mass is 32.1. The quantitative estimate of drug-likeness (QED) is 0.368. The lowest BCUT2D eigenvalue weighted by Crippen LogP contribution is -2.43. The minimum atomic E-state index is -0.122. The molecule has 36 heavy (non-hydrogen) atoms. The number of nitrogens with two attached hydrogens (primary N) is 1. The molecule has 5 rings (SSSR count). The molecular weight excluding hydrogens is 478 g/mol. The number of carbonyl (C=O) groups is 1. The topological polar surface area (TPSA) is 128 Å². The van der Waals surface area contributed by atoms with Crippen LogP contribution in [0.3, 0.4) is 0 Å². The maximum Gasteiger partial charge on any atom is 0.260 e. The van der Waals surface area contributed by atoms with Crippen molar-refractivity contribution in [3.8, 4) is 5.75 Å². The highest BCUT2D eigenvalue weighted by Crippen LogP contribution is 2.35. The molecule has 1 amide bonds. The van der Waals surface area contributed by atoms with Crippen LogP contribution in [0.5, 0.6) is 5.75 Å². The highest BCUT2D eigenvalue weighted by molar-refractivity contribution is 7.16. The number of amides is 1. The highest BCUT2D eigenvalue weighted by Gasteiger charge is 2.20. The molecule has 0 aliphatic carbocycles. The number of rotatable bonds is 7. The van der Waals surface area contributed by atoms with E-state index in [0.29, 0.717) is 54.3 Å². The smallest absolute Gasteiger partial charge is 0.260 e. The third-order valence-electron chi connectivity index (χ3n) is 5.79. The van der Waals surface area contributed by atoms with Gasteiger partial charge in [-0.25, -0.2) is 15.0 Å². The van der Waals surface area contributed by atoms with Crippen molar-refractivity contribution in [2.45, 2.75) is 0 Å². The minimum Gasteiger partial charge on any atom is -0.483 e. The number of ether oxygens (including phenoxy) is 2. The fourth-order valence-electron chi connectivity index (χ4n) is 4.00. The Morgan fingerprint density at radius 1 is 1.22 bits per heavy atom. The Balaban J connectivity index is 1.53. The van der Waals surface area contributed by atoms with E-state index in [1.165, 1.54) is 12.5 Å². The maximum atomic E-state index is 12.8. The summed E-state index contributed by atoms with van der Waals surface area (Å²) in [6.07, 6.45) is 4.62. The number of carbonyl (C=O) groups excluding carboxylic acids is 1. The van der Waals surface area contributed by atoms with E-state index >= 15 is 0 Å². The molecule has 0 unspecified atom stereocenters. The number of aliphatic imine (C=N–C) groups is 1. The SMILES string of the molecule is CN=C/C(=C\N)c1cc(OCC(=O)N2CCOCC2)c2c(Nc3ccc4ncsc4c3)ncnc2c1. The molecule has 1 fully saturated rings. The summed E-state index contributed by atoms with van der Waals surface area (Å²) in [4.78, 5) is 31.9. The van der Waals surface area contributed by atoms with Gasteiger partial charge in [-0.15, -0.1) is 11.3 Å². The van der Waals surface area contributed by atoms with Crippen LogP contribution in [0.15, 0.2) is 53.4 Å². The van der Waals surface area contributed by atoms with E-state index in [2.05, 4.69) is 25.3 Å². The minimum absolute atomic E-state index is 0.108. The van der Waals surface area contributed by atoms with Crippen molar-refractivity contribution in [3.63, 3.8) is 0 Å². The Kier molecular flexibility index (Phi) is 7.01. The first-order valence-electron chi connectivity index (χ1n) is 11.4. The molecule has 2 aromatic heterocycles. The van der Waals surface area contributed by atoms with Crippen LogP contribution >= 0.6 is 11.3 Å². The van der Waals surface area contributed by atoms with E-state index in [0.717, 1.165) is 21.5 Å².